The van der Waals surface area contributed by atoms with Crippen molar-refractivity contribution in [3.05, 3.63) is 52.6 Å². The smallest absolute Gasteiger partial charge is 0.252 e. The summed E-state index contributed by atoms with van der Waals surface area (Å²) in [6.07, 6.45) is 1.45. The molecule has 1 aromatic carbocycles. The molecule has 0 bridgehead atoms. The van der Waals surface area contributed by atoms with Crippen molar-refractivity contribution in [1.29, 1.82) is 0 Å². The van der Waals surface area contributed by atoms with E-state index in [9.17, 15) is 4.79 Å². The van der Waals surface area contributed by atoms with E-state index >= 15 is 0 Å². The maximum atomic E-state index is 12.3. The molecule has 122 valence electrons. The molecule has 0 aliphatic heterocycles. The summed E-state index contributed by atoms with van der Waals surface area (Å²) < 4.78 is 0. The number of carbonyl (C=O) groups excluding carboxylic acids is 1. The Hall–Kier alpha value is -2.51. The van der Waals surface area contributed by atoms with Gasteiger partial charge in [-0.2, -0.15) is 4.80 Å². The van der Waals surface area contributed by atoms with Gasteiger partial charge in [0, 0.05) is 16.8 Å². The second-order valence-electron chi connectivity index (χ2n) is 4.97. The molecule has 7 nitrogen and oxygen atoms in total. The van der Waals surface area contributed by atoms with Crippen molar-refractivity contribution in [2.75, 3.05) is 5.32 Å². The normalized spacial score (nSPS) is 12.0. The number of rotatable bonds is 4. The number of halogens is 2. The number of nitrogens with one attached hydrogen (secondary N) is 1. The van der Waals surface area contributed by atoms with Crippen molar-refractivity contribution in [2.24, 2.45) is 0 Å². The summed E-state index contributed by atoms with van der Waals surface area (Å²) >= 11 is 11.6. The lowest BCUT2D eigenvalue weighted by molar-refractivity contribution is -0.119. The molecule has 1 N–H and O–H groups in total. The molecular formula is C15H12Cl2N6O. The van der Waals surface area contributed by atoms with Crippen LogP contribution in [0.2, 0.25) is 10.0 Å². The van der Waals surface area contributed by atoms with E-state index in [2.05, 4.69) is 25.7 Å². The number of carbonyl (C=O) groups is 1. The molecule has 1 amide bonds. The van der Waals surface area contributed by atoms with E-state index in [4.69, 9.17) is 23.2 Å². The fraction of sp³-hybridized carbons (Fsp3) is 0.133. The van der Waals surface area contributed by atoms with Crippen molar-refractivity contribution < 1.29 is 4.79 Å². The molecular weight excluding hydrogens is 351 g/mol. The van der Waals surface area contributed by atoms with Crippen LogP contribution in [-0.2, 0) is 4.79 Å². The lowest BCUT2D eigenvalue weighted by Crippen LogP contribution is -2.25. The molecule has 24 heavy (non-hydrogen) atoms. The summed E-state index contributed by atoms with van der Waals surface area (Å²) in [6, 6.07) is 9.64. The minimum atomic E-state index is -0.656. The van der Waals surface area contributed by atoms with Gasteiger partial charge >= 0.3 is 0 Å². The molecule has 0 aliphatic carbocycles. The van der Waals surface area contributed by atoms with Crippen LogP contribution in [0.5, 0.6) is 0 Å². The van der Waals surface area contributed by atoms with Gasteiger partial charge in [-0.1, -0.05) is 23.2 Å². The average molecular weight is 363 g/mol. The zero-order chi connectivity index (χ0) is 17.1. The van der Waals surface area contributed by atoms with Gasteiger partial charge in [-0.25, -0.2) is 4.98 Å². The molecule has 3 aromatic rings. The summed E-state index contributed by atoms with van der Waals surface area (Å²) in [5.41, 5.74) is 0.762. The third-order valence-corrected chi connectivity index (χ3v) is 3.71. The quantitative estimate of drug-likeness (QED) is 0.769. The monoisotopic (exact) mass is 362 g/mol. The number of hydrogen-bond acceptors (Lipinski definition) is 5. The number of anilines is 1. The highest BCUT2D eigenvalue weighted by atomic mass is 35.5. The predicted octanol–water partition coefficient (Wildman–Crippen LogP) is 3.24. The van der Waals surface area contributed by atoms with Crippen molar-refractivity contribution in [3.63, 3.8) is 0 Å². The van der Waals surface area contributed by atoms with Gasteiger partial charge in [0.15, 0.2) is 0 Å². The van der Waals surface area contributed by atoms with Gasteiger partial charge in [0.1, 0.15) is 11.9 Å². The van der Waals surface area contributed by atoms with E-state index in [0.717, 1.165) is 5.56 Å². The molecule has 1 atom stereocenters. The third-order valence-electron chi connectivity index (χ3n) is 3.24. The van der Waals surface area contributed by atoms with Crippen LogP contribution in [0.4, 0.5) is 5.82 Å². The first-order valence-electron chi connectivity index (χ1n) is 7.01. The van der Waals surface area contributed by atoms with E-state index < -0.39 is 6.04 Å². The number of aromatic nitrogens is 5. The zero-order valence-electron chi connectivity index (χ0n) is 12.5. The van der Waals surface area contributed by atoms with E-state index in [1.54, 1.807) is 43.3 Å². The Balaban J connectivity index is 1.73. The van der Waals surface area contributed by atoms with E-state index in [0.29, 0.717) is 21.7 Å². The highest BCUT2D eigenvalue weighted by Gasteiger charge is 2.19. The Morgan fingerprint density at radius 1 is 1.12 bits per heavy atom. The Labute approximate surface area is 147 Å². The van der Waals surface area contributed by atoms with Crippen LogP contribution in [0.15, 0.2) is 42.6 Å². The molecule has 2 aromatic heterocycles. The fourth-order valence-electron chi connectivity index (χ4n) is 1.89. The second kappa shape index (κ2) is 6.94. The predicted molar refractivity (Wildman–Crippen MR) is 90.9 cm³/mol. The van der Waals surface area contributed by atoms with E-state index in [1.807, 2.05) is 0 Å². The van der Waals surface area contributed by atoms with Gasteiger partial charge in [0.05, 0.1) is 5.02 Å². The van der Waals surface area contributed by atoms with E-state index in [-0.39, 0.29) is 5.91 Å². The number of hydrogen-bond donors (Lipinski definition) is 1. The average Bonchev–Trinajstić information content (AvgIpc) is 3.07. The third kappa shape index (κ3) is 3.69. The Kier molecular flexibility index (Phi) is 4.73. The Morgan fingerprint density at radius 2 is 1.83 bits per heavy atom. The number of benzene rings is 1. The van der Waals surface area contributed by atoms with Gasteiger partial charge in [-0.05, 0) is 48.5 Å². The van der Waals surface area contributed by atoms with Crippen molar-refractivity contribution >= 4 is 34.9 Å². The molecule has 0 spiro atoms. The van der Waals surface area contributed by atoms with Crippen LogP contribution in [0, 0.1) is 0 Å². The van der Waals surface area contributed by atoms with Gasteiger partial charge in [0.2, 0.25) is 5.82 Å². The van der Waals surface area contributed by atoms with E-state index in [1.165, 1.54) is 11.0 Å². The summed E-state index contributed by atoms with van der Waals surface area (Å²) in [7, 11) is 0. The molecule has 0 aliphatic rings. The van der Waals surface area contributed by atoms with Gasteiger partial charge in [0.25, 0.3) is 5.91 Å². The largest absolute Gasteiger partial charge is 0.309 e. The summed E-state index contributed by atoms with van der Waals surface area (Å²) in [5, 5.41) is 15.9. The molecule has 9 heteroatoms. The Bertz CT molecular complexity index is 847. The number of amides is 1. The van der Waals surface area contributed by atoms with Crippen LogP contribution in [0.25, 0.3) is 11.4 Å². The van der Waals surface area contributed by atoms with Crippen molar-refractivity contribution in [1.82, 2.24) is 25.2 Å². The van der Waals surface area contributed by atoms with Gasteiger partial charge in [-0.3, -0.25) is 4.79 Å². The zero-order valence-corrected chi connectivity index (χ0v) is 14.0. The Morgan fingerprint density at radius 3 is 2.50 bits per heavy atom. The summed E-state index contributed by atoms with van der Waals surface area (Å²) in [6.45, 7) is 1.67. The first-order chi connectivity index (χ1) is 11.5. The van der Waals surface area contributed by atoms with Crippen LogP contribution in [0.1, 0.15) is 13.0 Å². The number of tetrazole rings is 1. The molecule has 0 saturated heterocycles. The van der Waals surface area contributed by atoms with Crippen LogP contribution in [-0.4, -0.2) is 31.1 Å². The minimum absolute atomic E-state index is 0.315. The highest BCUT2D eigenvalue weighted by Crippen LogP contribution is 2.18. The van der Waals surface area contributed by atoms with Crippen LogP contribution < -0.4 is 5.32 Å². The molecule has 0 fully saturated rings. The van der Waals surface area contributed by atoms with Gasteiger partial charge < -0.3 is 5.32 Å². The molecule has 0 radical (unpaired) electrons. The standard InChI is InChI=1S/C15H12Cl2N6O/c1-9(15(24)19-13-7-6-12(17)8-18-13)23-21-14(20-22-23)10-2-4-11(16)5-3-10/h2-9H,1H3,(H,18,19,24)/t9-/m0/s1. The topological polar surface area (TPSA) is 85.6 Å². The number of pyridine rings is 1. The van der Waals surface area contributed by atoms with Crippen LogP contribution in [0.3, 0.4) is 0 Å². The van der Waals surface area contributed by atoms with Gasteiger partial charge in [-0.15, -0.1) is 10.2 Å². The maximum Gasteiger partial charge on any atom is 0.252 e. The van der Waals surface area contributed by atoms with Crippen molar-refractivity contribution in [3.8, 4) is 11.4 Å². The summed E-state index contributed by atoms with van der Waals surface area (Å²) in [5.74, 6) is 0.495. The first kappa shape index (κ1) is 16.4. The lowest BCUT2D eigenvalue weighted by Gasteiger charge is -2.10. The lowest BCUT2D eigenvalue weighted by atomic mass is 10.2. The second-order valence-corrected chi connectivity index (χ2v) is 5.84. The molecule has 3 rings (SSSR count). The van der Waals surface area contributed by atoms with Crippen molar-refractivity contribution in [2.45, 2.75) is 13.0 Å². The summed E-state index contributed by atoms with van der Waals surface area (Å²) in [4.78, 5) is 17.5. The molecule has 0 unspecified atom stereocenters. The first-order valence-corrected chi connectivity index (χ1v) is 7.76. The maximum absolute atomic E-state index is 12.3. The fourth-order valence-corrected chi connectivity index (χ4v) is 2.13. The SMILES string of the molecule is C[C@@H](C(=O)Nc1ccc(Cl)cn1)n1nnc(-c2ccc(Cl)cc2)n1. The van der Waals surface area contributed by atoms with Crippen LogP contribution >= 0.6 is 23.2 Å². The highest BCUT2D eigenvalue weighted by molar-refractivity contribution is 6.30. The molecule has 2 heterocycles. The number of nitrogens with zero attached hydrogens (tertiary/aromatic N) is 5. The molecule has 0 saturated carbocycles. The minimum Gasteiger partial charge on any atom is -0.309 e.